The van der Waals surface area contributed by atoms with Gasteiger partial charge in [-0.25, -0.2) is 18.7 Å². The fourth-order valence-corrected chi connectivity index (χ4v) is 2.15. The fourth-order valence-electron chi connectivity index (χ4n) is 2.15. The summed E-state index contributed by atoms with van der Waals surface area (Å²) in [5, 5.41) is 0. The minimum atomic E-state index is -0.461. The van der Waals surface area contributed by atoms with E-state index < -0.39 is 5.82 Å². The standard InChI is InChI=1S/C17H12F2N2/c1-11-20-10-16(19)17(21-11)14-4-2-3-13(9-14)12-5-7-15(18)8-6-12/h2-10H,1H3. The molecule has 0 amide bonds. The lowest BCUT2D eigenvalue weighted by Gasteiger charge is -2.07. The van der Waals surface area contributed by atoms with Crippen LogP contribution in [0.25, 0.3) is 22.4 Å². The van der Waals surface area contributed by atoms with Crippen LogP contribution in [-0.2, 0) is 0 Å². The van der Waals surface area contributed by atoms with Gasteiger partial charge in [0.15, 0.2) is 5.82 Å². The van der Waals surface area contributed by atoms with E-state index in [0.29, 0.717) is 11.4 Å². The molecule has 0 aliphatic rings. The Labute approximate surface area is 121 Å². The molecule has 0 aliphatic heterocycles. The van der Waals surface area contributed by atoms with Crippen molar-refractivity contribution >= 4 is 0 Å². The van der Waals surface area contributed by atoms with Crippen molar-refractivity contribution in [1.29, 1.82) is 0 Å². The van der Waals surface area contributed by atoms with Crippen LogP contribution in [0.3, 0.4) is 0 Å². The van der Waals surface area contributed by atoms with E-state index in [0.717, 1.165) is 11.1 Å². The van der Waals surface area contributed by atoms with Crippen molar-refractivity contribution in [1.82, 2.24) is 9.97 Å². The second-order valence-corrected chi connectivity index (χ2v) is 4.70. The molecule has 0 spiro atoms. The molecule has 0 saturated carbocycles. The van der Waals surface area contributed by atoms with Gasteiger partial charge in [0.2, 0.25) is 0 Å². The van der Waals surface area contributed by atoms with Crippen LogP contribution in [0.2, 0.25) is 0 Å². The Balaban J connectivity index is 2.08. The molecule has 2 nitrogen and oxygen atoms in total. The maximum absolute atomic E-state index is 13.9. The smallest absolute Gasteiger partial charge is 0.167 e. The summed E-state index contributed by atoms with van der Waals surface area (Å²) in [4.78, 5) is 7.97. The third-order valence-electron chi connectivity index (χ3n) is 3.18. The van der Waals surface area contributed by atoms with Crippen LogP contribution in [-0.4, -0.2) is 9.97 Å². The van der Waals surface area contributed by atoms with E-state index in [2.05, 4.69) is 9.97 Å². The highest BCUT2D eigenvalue weighted by Gasteiger charge is 2.09. The molecule has 0 saturated heterocycles. The first-order valence-electron chi connectivity index (χ1n) is 6.49. The quantitative estimate of drug-likeness (QED) is 0.696. The highest BCUT2D eigenvalue weighted by Crippen LogP contribution is 2.26. The van der Waals surface area contributed by atoms with E-state index in [9.17, 15) is 8.78 Å². The van der Waals surface area contributed by atoms with E-state index in [4.69, 9.17) is 0 Å². The Kier molecular flexibility index (Phi) is 3.44. The molecule has 1 heterocycles. The first kappa shape index (κ1) is 13.4. The zero-order valence-electron chi connectivity index (χ0n) is 11.3. The third kappa shape index (κ3) is 2.79. The van der Waals surface area contributed by atoms with Gasteiger partial charge in [0.05, 0.1) is 6.20 Å². The Bertz CT molecular complexity index is 783. The van der Waals surface area contributed by atoms with Crippen LogP contribution in [0.15, 0.2) is 54.7 Å². The summed E-state index contributed by atoms with van der Waals surface area (Å²) in [5.74, 6) is -0.234. The second kappa shape index (κ2) is 5.40. The molecule has 3 aromatic rings. The highest BCUT2D eigenvalue weighted by atomic mass is 19.1. The molecule has 0 fully saturated rings. The minimum Gasteiger partial charge on any atom is -0.239 e. The maximum atomic E-state index is 13.9. The predicted molar refractivity (Wildman–Crippen MR) is 77.6 cm³/mol. The first-order valence-corrected chi connectivity index (χ1v) is 6.49. The lowest BCUT2D eigenvalue weighted by molar-refractivity contribution is 0.615. The SMILES string of the molecule is Cc1ncc(F)c(-c2cccc(-c3ccc(F)cc3)c2)n1. The molecule has 0 aliphatic carbocycles. The number of nitrogens with zero attached hydrogens (tertiary/aromatic N) is 2. The second-order valence-electron chi connectivity index (χ2n) is 4.70. The molecular weight excluding hydrogens is 270 g/mol. The average molecular weight is 282 g/mol. The number of benzene rings is 2. The lowest BCUT2D eigenvalue weighted by atomic mass is 10.0. The van der Waals surface area contributed by atoms with E-state index in [1.807, 2.05) is 18.2 Å². The molecule has 3 rings (SSSR count). The molecule has 0 bridgehead atoms. The molecule has 2 aromatic carbocycles. The van der Waals surface area contributed by atoms with Gasteiger partial charge in [0, 0.05) is 5.56 Å². The molecule has 1 aromatic heterocycles. The summed E-state index contributed by atoms with van der Waals surface area (Å²) in [5.41, 5.74) is 2.68. The summed E-state index contributed by atoms with van der Waals surface area (Å²) in [6.45, 7) is 1.72. The Morgan fingerprint density at radius 3 is 2.33 bits per heavy atom. The topological polar surface area (TPSA) is 25.8 Å². The first-order chi connectivity index (χ1) is 10.1. The zero-order valence-corrected chi connectivity index (χ0v) is 11.3. The Morgan fingerprint density at radius 1 is 0.857 bits per heavy atom. The van der Waals surface area contributed by atoms with Crippen LogP contribution < -0.4 is 0 Å². The predicted octanol–water partition coefficient (Wildman–Crippen LogP) is 4.40. The third-order valence-corrected chi connectivity index (χ3v) is 3.18. The van der Waals surface area contributed by atoms with Crippen LogP contribution >= 0.6 is 0 Å². The maximum Gasteiger partial charge on any atom is 0.167 e. The van der Waals surface area contributed by atoms with Crippen molar-refractivity contribution in [2.24, 2.45) is 0 Å². The molecule has 104 valence electrons. The average Bonchev–Trinajstić information content (AvgIpc) is 2.50. The van der Waals surface area contributed by atoms with Gasteiger partial charge in [0.1, 0.15) is 17.3 Å². The van der Waals surface area contributed by atoms with Gasteiger partial charge in [-0.2, -0.15) is 0 Å². The van der Waals surface area contributed by atoms with Gasteiger partial charge in [-0.3, -0.25) is 0 Å². The molecule has 0 atom stereocenters. The number of rotatable bonds is 2. The fraction of sp³-hybridized carbons (Fsp3) is 0.0588. The number of hydrogen-bond donors (Lipinski definition) is 0. The van der Waals surface area contributed by atoms with Crippen molar-refractivity contribution in [3.63, 3.8) is 0 Å². The van der Waals surface area contributed by atoms with Crippen molar-refractivity contribution in [2.45, 2.75) is 6.92 Å². The number of hydrogen-bond acceptors (Lipinski definition) is 2. The minimum absolute atomic E-state index is 0.270. The number of aromatic nitrogens is 2. The van der Waals surface area contributed by atoms with Crippen LogP contribution in [0.5, 0.6) is 0 Å². The van der Waals surface area contributed by atoms with Gasteiger partial charge in [-0.05, 0) is 36.2 Å². The molecule has 0 N–H and O–H groups in total. The normalized spacial score (nSPS) is 10.6. The van der Waals surface area contributed by atoms with Gasteiger partial charge >= 0.3 is 0 Å². The summed E-state index contributed by atoms with van der Waals surface area (Å²) in [6, 6.07) is 13.5. The van der Waals surface area contributed by atoms with E-state index >= 15 is 0 Å². The molecule has 4 heteroatoms. The van der Waals surface area contributed by atoms with Gasteiger partial charge in [-0.15, -0.1) is 0 Å². The van der Waals surface area contributed by atoms with E-state index in [1.165, 1.54) is 18.3 Å². The van der Waals surface area contributed by atoms with Crippen molar-refractivity contribution in [2.75, 3.05) is 0 Å². The molecule has 21 heavy (non-hydrogen) atoms. The van der Waals surface area contributed by atoms with Crippen LogP contribution in [0.1, 0.15) is 5.82 Å². The van der Waals surface area contributed by atoms with E-state index in [1.54, 1.807) is 25.1 Å². The summed E-state index contributed by atoms with van der Waals surface area (Å²) >= 11 is 0. The van der Waals surface area contributed by atoms with Gasteiger partial charge in [0.25, 0.3) is 0 Å². The highest BCUT2D eigenvalue weighted by molar-refractivity contribution is 5.71. The van der Waals surface area contributed by atoms with Crippen molar-refractivity contribution in [3.05, 3.63) is 72.2 Å². The lowest BCUT2D eigenvalue weighted by Crippen LogP contribution is -1.95. The monoisotopic (exact) mass is 282 g/mol. The zero-order chi connectivity index (χ0) is 14.8. The summed E-state index contributed by atoms with van der Waals surface area (Å²) < 4.78 is 26.8. The van der Waals surface area contributed by atoms with Gasteiger partial charge in [-0.1, -0.05) is 30.3 Å². The largest absolute Gasteiger partial charge is 0.239 e. The van der Waals surface area contributed by atoms with Crippen LogP contribution in [0.4, 0.5) is 8.78 Å². The number of aryl methyl sites for hydroxylation is 1. The van der Waals surface area contributed by atoms with E-state index in [-0.39, 0.29) is 11.5 Å². The van der Waals surface area contributed by atoms with Crippen LogP contribution in [0, 0.1) is 18.6 Å². The Hall–Kier alpha value is -2.62. The molecule has 0 unspecified atom stereocenters. The van der Waals surface area contributed by atoms with Crippen molar-refractivity contribution < 1.29 is 8.78 Å². The summed E-state index contributed by atoms with van der Waals surface area (Å²) in [7, 11) is 0. The number of halogens is 2. The summed E-state index contributed by atoms with van der Waals surface area (Å²) in [6.07, 6.45) is 1.17. The van der Waals surface area contributed by atoms with Gasteiger partial charge < -0.3 is 0 Å². The Morgan fingerprint density at radius 2 is 1.57 bits per heavy atom. The molecular formula is C17H12F2N2. The van der Waals surface area contributed by atoms with Crippen molar-refractivity contribution in [3.8, 4) is 22.4 Å². The molecule has 0 radical (unpaired) electrons.